The number of aromatic amines is 1. The zero-order chi connectivity index (χ0) is 17.1. The average molecular weight is 336 g/mol. The molecule has 1 amide bonds. The quantitative estimate of drug-likeness (QED) is 0.886. The maximum atomic E-state index is 13.2. The fraction of sp³-hybridized carbons (Fsp3) is 0.471. The molecule has 1 aliphatic heterocycles. The SMILES string of the molecule is CC(C)C(=O)NC1CCc2[nH]c3cc4c(cc3c2C1)OC(F)(F)O4. The molecule has 5 nitrogen and oxygen atoms in total. The third kappa shape index (κ3) is 2.48. The van der Waals surface area contributed by atoms with Gasteiger partial charge < -0.3 is 19.8 Å². The van der Waals surface area contributed by atoms with Gasteiger partial charge in [-0.25, -0.2) is 0 Å². The zero-order valence-corrected chi connectivity index (χ0v) is 13.4. The topological polar surface area (TPSA) is 63.4 Å². The number of amides is 1. The van der Waals surface area contributed by atoms with E-state index in [9.17, 15) is 13.6 Å². The Kier molecular flexibility index (Phi) is 3.23. The lowest BCUT2D eigenvalue weighted by atomic mass is 9.91. The second-order valence-corrected chi connectivity index (χ2v) is 6.70. The van der Waals surface area contributed by atoms with Crippen LogP contribution >= 0.6 is 0 Å². The van der Waals surface area contributed by atoms with Crippen molar-refractivity contribution >= 4 is 16.8 Å². The molecule has 2 aliphatic rings. The summed E-state index contributed by atoms with van der Waals surface area (Å²) in [5.74, 6) is 0.0457. The van der Waals surface area contributed by atoms with Crippen molar-refractivity contribution in [3.05, 3.63) is 23.4 Å². The summed E-state index contributed by atoms with van der Waals surface area (Å²) in [6.45, 7) is 3.71. The Morgan fingerprint density at radius 1 is 1.33 bits per heavy atom. The van der Waals surface area contributed by atoms with Gasteiger partial charge in [-0.05, 0) is 30.9 Å². The number of benzene rings is 1. The van der Waals surface area contributed by atoms with E-state index in [1.54, 1.807) is 12.1 Å². The number of aryl methyl sites for hydroxylation is 1. The first-order valence-corrected chi connectivity index (χ1v) is 8.06. The summed E-state index contributed by atoms with van der Waals surface area (Å²) in [4.78, 5) is 15.2. The predicted molar refractivity (Wildman–Crippen MR) is 83.3 cm³/mol. The molecule has 0 spiro atoms. The smallest absolute Gasteiger partial charge is 0.395 e. The number of nitrogens with one attached hydrogen (secondary N) is 2. The molecule has 0 radical (unpaired) electrons. The van der Waals surface area contributed by atoms with Gasteiger partial charge in [0, 0.05) is 34.6 Å². The number of halogens is 2. The maximum Gasteiger partial charge on any atom is 0.586 e. The molecule has 1 unspecified atom stereocenters. The molecule has 1 atom stereocenters. The molecule has 2 heterocycles. The highest BCUT2D eigenvalue weighted by atomic mass is 19.3. The minimum atomic E-state index is -3.62. The molecule has 2 aromatic rings. The van der Waals surface area contributed by atoms with Gasteiger partial charge in [0.05, 0.1) is 0 Å². The predicted octanol–water partition coefficient (Wildman–Crippen LogP) is 3.12. The molecule has 1 aliphatic carbocycles. The molecule has 0 saturated heterocycles. The molecule has 1 aromatic heterocycles. The fourth-order valence-electron chi connectivity index (χ4n) is 3.35. The minimum absolute atomic E-state index is 0.0283. The number of alkyl halides is 2. The summed E-state index contributed by atoms with van der Waals surface area (Å²) in [7, 11) is 0. The van der Waals surface area contributed by atoms with Crippen LogP contribution in [0, 0.1) is 5.92 Å². The summed E-state index contributed by atoms with van der Waals surface area (Å²) >= 11 is 0. The van der Waals surface area contributed by atoms with Crippen molar-refractivity contribution in [2.45, 2.75) is 45.4 Å². The lowest BCUT2D eigenvalue weighted by molar-refractivity contribution is -0.286. The number of hydrogen-bond acceptors (Lipinski definition) is 3. The highest BCUT2D eigenvalue weighted by molar-refractivity contribution is 5.88. The van der Waals surface area contributed by atoms with Gasteiger partial charge in [-0.15, -0.1) is 8.78 Å². The van der Waals surface area contributed by atoms with Crippen LogP contribution in [0.3, 0.4) is 0 Å². The maximum absolute atomic E-state index is 13.2. The fourth-order valence-corrected chi connectivity index (χ4v) is 3.35. The first kappa shape index (κ1) is 15.2. The third-order valence-corrected chi connectivity index (χ3v) is 4.58. The van der Waals surface area contributed by atoms with Crippen LogP contribution in [0.1, 0.15) is 31.5 Å². The van der Waals surface area contributed by atoms with Gasteiger partial charge >= 0.3 is 6.29 Å². The molecule has 0 bridgehead atoms. The number of rotatable bonds is 2. The van der Waals surface area contributed by atoms with E-state index in [0.717, 1.165) is 35.0 Å². The molecule has 2 N–H and O–H groups in total. The van der Waals surface area contributed by atoms with E-state index >= 15 is 0 Å². The van der Waals surface area contributed by atoms with Crippen LogP contribution in [0.5, 0.6) is 11.5 Å². The highest BCUT2D eigenvalue weighted by Crippen LogP contribution is 2.44. The molecule has 7 heteroatoms. The molecule has 0 fully saturated rings. The van der Waals surface area contributed by atoms with Gasteiger partial charge in [-0.3, -0.25) is 4.79 Å². The number of fused-ring (bicyclic) bond motifs is 4. The lowest BCUT2D eigenvalue weighted by Crippen LogP contribution is -2.40. The van der Waals surface area contributed by atoms with Crippen molar-refractivity contribution < 1.29 is 23.0 Å². The number of hydrogen-bond donors (Lipinski definition) is 2. The van der Waals surface area contributed by atoms with Crippen LogP contribution in [0.4, 0.5) is 8.78 Å². The standard InChI is InChI=1S/C17H18F2N2O3/c1-8(2)16(22)20-9-3-4-12-10(5-9)11-6-14-15(7-13(11)21-12)24-17(18,19)23-14/h6-9,21H,3-5H2,1-2H3,(H,20,22). The summed E-state index contributed by atoms with van der Waals surface area (Å²) in [6, 6.07) is 3.19. The molecule has 4 rings (SSSR count). The number of H-pyrrole nitrogens is 1. The number of carbonyl (C=O) groups is 1. The number of carbonyl (C=O) groups excluding carboxylic acids is 1. The van der Waals surface area contributed by atoms with Crippen molar-refractivity contribution in [2.24, 2.45) is 5.92 Å². The molecule has 128 valence electrons. The number of aromatic nitrogens is 1. The van der Waals surface area contributed by atoms with Gasteiger partial charge in [0.2, 0.25) is 5.91 Å². The molecular formula is C17H18F2N2O3. The summed E-state index contributed by atoms with van der Waals surface area (Å²) in [5.41, 5.74) is 2.87. The van der Waals surface area contributed by atoms with Crippen LogP contribution in [0.15, 0.2) is 12.1 Å². The lowest BCUT2D eigenvalue weighted by Gasteiger charge is -2.24. The largest absolute Gasteiger partial charge is 0.586 e. The van der Waals surface area contributed by atoms with E-state index < -0.39 is 6.29 Å². The van der Waals surface area contributed by atoms with Gasteiger partial charge in [0.25, 0.3) is 0 Å². The van der Waals surface area contributed by atoms with Crippen LogP contribution in [0.2, 0.25) is 0 Å². The highest BCUT2D eigenvalue weighted by Gasteiger charge is 2.44. The Labute approximate surface area is 137 Å². The minimum Gasteiger partial charge on any atom is -0.395 e. The molecule has 1 aromatic carbocycles. The number of ether oxygens (including phenoxy) is 2. The average Bonchev–Trinajstić information content (AvgIpc) is 2.98. The van der Waals surface area contributed by atoms with Gasteiger partial charge in [-0.2, -0.15) is 0 Å². The van der Waals surface area contributed by atoms with E-state index in [4.69, 9.17) is 0 Å². The Morgan fingerprint density at radius 3 is 2.75 bits per heavy atom. The van der Waals surface area contributed by atoms with E-state index in [2.05, 4.69) is 19.8 Å². The van der Waals surface area contributed by atoms with Crippen molar-refractivity contribution in [1.82, 2.24) is 10.3 Å². The van der Waals surface area contributed by atoms with Crippen molar-refractivity contribution in [2.75, 3.05) is 0 Å². The Balaban J connectivity index is 1.66. The van der Waals surface area contributed by atoms with Gasteiger partial charge in [-0.1, -0.05) is 13.8 Å². The van der Waals surface area contributed by atoms with Crippen LogP contribution < -0.4 is 14.8 Å². The Morgan fingerprint density at radius 2 is 2.04 bits per heavy atom. The summed E-state index contributed by atoms with van der Waals surface area (Å²) in [5, 5.41) is 3.89. The van der Waals surface area contributed by atoms with Crippen molar-refractivity contribution in [1.29, 1.82) is 0 Å². The van der Waals surface area contributed by atoms with Crippen LogP contribution in [0.25, 0.3) is 10.9 Å². The molecule has 0 saturated carbocycles. The Hall–Kier alpha value is -2.31. The summed E-state index contributed by atoms with van der Waals surface area (Å²) in [6.07, 6.45) is -1.29. The normalized spacial score (nSPS) is 21.1. The molecule has 24 heavy (non-hydrogen) atoms. The van der Waals surface area contributed by atoms with E-state index in [-0.39, 0.29) is 29.4 Å². The first-order valence-electron chi connectivity index (χ1n) is 8.06. The van der Waals surface area contributed by atoms with Gasteiger partial charge in [0.15, 0.2) is 11.5 Å². The van der Waals surface area contributed by atoms with E-state index in [1.165, 1.54) is 0 Å². The Bertz CT molecular complexity index is 829. The second kappa shape index (κ2) is 5.09. The van der Waals surface area contributed by atoms with E-state index in [1.807, 2.05) is 13.8 Å². The van der Waals surface area contributed by atoms with Gasteiger partial charge in [0.1, 0.15) is 0 Å². The first-order chi connectivity index (χ1) is 11.3. The van der Waals surface area contributed by atoms with E-state index in [0.29, 0.717) is 6.42 Å². The van der Waals surface area contributed by atoms with Crippen LogP contribution in [-0.4, -0.2) is 23.2 Å². The van der Waals surface area contributed by atoms with Crippen molar-refractivity contribution in [3.63, 3.8) is 0 Å². The second-order valence-electron chi connectivity index (χ2n) is 6.70. The van der Waals surface area contributed by atoms with Crippen LogP contribution in [-0.2, 0) is 17.6 Å². The summed E-state index contributed by atoms with van der Waals surface area (Å²) < 4.78 is 35.5. The van der Waals surface area contributed by atoms with Crippen molar-refractivity contribution in [3.8, 4) is 11.5 Å². The zero-order valence-electron chi connectivity index (χ0n) is 13.4. The molecular weight excluding hydrogens is 318 g/mol. The monoisotopic (exact) mass is 336 g/mol. The third-order valence-electron chi connectivity index (χ3n) is 4.58.